The average Bonchev–Trinajstić information content (AvgIpc) is 2.79. The Labute approximate surface area is 177 Å². The number of amides is 4. The molecule has 154 valence electrons. The van der Waals surface area contributed by atoms with E-state index in [1.54, 1.807) is 24.3 Å². The van der Waals surface area contributed by atoms with Gasteiger partial charge in [0.15, 0.2) is 0 Å². The van der Waals surface area contributed by atoms with Crippen molar-refractivity contribution in [3.05, 3.63) is 82.4 Å². The van der Waals surface area contributed by atoms with Crippen LogP contribution < -0.4 is 0 Å². The molecule has 0 bridgehead atoms. The highest BCUT2D eigenvalue weighted by atomic mass is 16.5. The second kappa shape index (κ2) is 6.85. The lowest BCUT2D eigenvalue weighted by Gasteiger charge is -2.35. The number of methoxy groups -OCH3 is 1. The molecule has 1 unspecified atom stereocenters. The molecule has 0 spiro atoms. The molecule has 31 heavy (non-hydrogen) atoms. The van der Waals surface area contributed by atoms with Crippen molar-refractivity contribution < 1.29 is 23.9 Å². The molecule has 2 aliphatic rings. The maximum absolute atomic E-state index is 13.5. The molecule has 5 rings (SSSR count). The van der Waals surface area contributed by atoms with Crippen molar-refractivity contribution in [2.24, 2.45) is 0 Å². The van der Waals surface area contributed by atoms with Crippen molar-refractivity contribution >= 4 is 34.4 Å². The molecule has 3 aromatic carbocycles. The molecule has 0 aromatic heterocycles. The Morgan fingerprint density at radius 2 is 1.16 bits per heavy atom. The van der Waals surface area contributed by atoms with Gasteiger partial charge >= 0.3 is 0 Å². The van der Waals surface area contributed by atoms with Crippen LogP contribution >= 0.6 is 0 Å². The summed E-state index contributed by atoms with van der Waals surface area (Å²) in [4.78, 5) is 54.6. The molecular weight excluding hydrogens is 396 g/mol. The molecular formula is C24H18N2O5. The lowest BCUT2D eigenvalue weighted by Crippen LogP contribution is -2.45. The van der Waals surface area contributed by atoms with E-state index >= 15 is 0 Å². The number of rotatable bonds is 4. The van der Waals surface area contributed by atoms with Crippen LogP contribution in [0.15, 0.2) is 54.6 Å². The maximum Gasteiger partial charge on any atom is 0.262 e. The number of carbonyl (C=O) groups is 4. The minimum absolute atomic E-state index is 0.137. The van der Waals surface area contributed by atoms with Gasteiger partial charge in [-0.05, 0) is 29.8 Å². The SMILES string of the molecule is COCC(c1ccccc1)N1C(=O)c2ccc3c4c(ccc(c24)C1=O)C(=O)N(C)C3=O. The summed E-state index contributed by atoms with van der Waals surface area (Å²) in [6.45, 7) is 0.137. The summed E-state index contributed by atoms with van der Waals surface area (Å²) in [7, 11) is 2.93. The Kier molecular flexibility index (Phi) is 4.23. The van der Waals surface area contributed by atoms with Crippen molar-refractivity contribution in [1.82, 2.24) is 9.80 Å². The molecule has 1 atom stereocenters. The first-order valence-electron chi connectivity index (χ1n) is 9.79. The van der Waals surface area contributed by atoms with Gasteiger partial charge in [0.05, 0.1) is 12.6 Å². The van der Waals surface area contributed by atoms with Crippen molar-refractivity contribution in [2.45, 2.75) is 6.04 Å². The van der Waals surface area contributed by atoms with E-state index in [9.17, 15) is 19.2 Å². The lowest BCUT2D eigenvalue weighted by molar-refractivity contribution is 0.0423. The van der Waals surface area contributed by atoms with Crippen LogP contribution in [0.5, 0.6) is 0 Å². The van der Waals surface area contributed by atoms with Crippen LogP contribution in [0.4, 0.5) is 0 Å². The van der Waals surface area contributed by atoms with Crippen LogP contribution in [0.2, 0.25) is 0 Å². The van der Waals surface area contributed by atoms with Gasteiger partial charge in [-0.1, -0.05) is 30.3 Å². The molecule has 0 aliphatic carbocycles. The number of imide groups is 2. The third-order valence-electron chi connectivity index (χ3n) is 5.95. The summed E-state index contributed by atoms with van der Waals surface area (Å²) in [5, 5.41) is 0.729. The van der Waals surface area contributed by atoms with Crippen LogP contribution in [0, 0.1) is 0 Å². The van der Waals surface area contributed by atoms with Crippen LogP contribution in [0.25, 0.3) is 10.8 Å². The first-order valence-corrected chi connectivity index (χ1v) is 9.79. The molecule has 7 nitrogen and oxygen atoms in total. The molecule has 7 heteroatoms. The summed E-state index contributed by atoms with van der Waals surface area (Å²) in [5.41, 5.74) is 1.97. The molecule has 3 aromatic rings. The second-order valence-electron chi connectivity index (χ2n) is 7.60. The number of nitrogens with zero attached hydrogens (tertiary/aromatic N) is 2. The van der Waals surface area contributed by atoms with E-state index < -0.39 is 29.7 Å². The topological polar surface area (TPSA) is 84.0 Å². The fourth-order valence-corrected chi connectivity index (χ4v) is 4.45. The predicted molar refractivity (Wildman–Crippen MR) is 112 cm³/mol. The summed E-state index contributed by atoms with van der Waals surface area (Å²) in [6.07, 6.45) is 0. The fraction of sp³-hybridized carbons (Fsp3) is 0.167. The highest BCUT2D eigenvalue weighted by Gasteiger charge is 2.41. The number of carbonyl (C=O) groups excluding carboxylic acids is 4. The van der Waals surface area contributed by atoms with Gasteiger partial charge in [0.2, 0.25) is 0 Å². The molecule has 0 radical (unpaired) electrons. The van der Waals surface area contributed by atoms with E-state index in [-0.39, 0.29) is 17.7 Å². The van der Waals surface area contributed by atoms with E-state index in [2.05, 4.69) is 0 Å². The predicted octanol–water partition coefficient (Wildman–Crippen LogP) is 3.05. The highest BCUT2D eigenvalue weighted by Crippen LogP contribution is 2.39. The summed E-state index contributed by atoms with van der Waals surface area (Å²) < 4.78 is 5.33. The molecule has 0 N–H and O–H groups in total. The van der Waals surface area contributed by atoms with Crippen molar-refractivity contribution in [3.63, 3.8) is 0 Å². The zero-order chi connectivity index (χ0) is 21.9. The number of hydrogen-bond donors (Lipinski definition) is 0. The Morgan fingerprint density at radius 1 is 0.710 bits per heavy atom. The Hall–Kier alpha value is -3.84. The quantitative estimate of drug-likeness (QED) is 0.613. The molecule has 2 aliphatic heterocycles. The van der Waals surface area contributed by atoms with Crippen molar-refractivity contribution in [2.75, 3.05) is 20.8 Å². The standard InChI is InChI=1S/C24H18N2O5/c1-25-21(27)14-8-10-16-20-17(11-9-15(19(14)20)22(25)28)24(30)26(23(16)29)18(12-31-2)13-6-4-3-5-7-13/h3-11,18H,12H2,1-2H3. The minimum atomic E-state index is -0.615. The van der Waals surface area contributed by atoms with E-state index in [0.29, 0.717) is 21.9 Å². The Balaban J connectivity index is 1.74. The number of hydrogen-bond acceptors (Lipinski definition) is 5. The monoisotopic (exact) mass is 414 g/mol. The largest absolute Gasteiger partial charge is 0.382 e. The Bertz CT molecular complexity index is 1230. The summed E-state index contributed by atoms with van der Waals surface area (Å²) >= 11 is 0. The normalized spacial score (nSPS) is 16.3. The van der Waals surface area contributed by atoms with Gasteiger partial charge < -0.3 is 4.74 Å². The highest BCUT2D eigenvalue weighted by molar-refractivity contribution is 6.33. The zero-order valence-corrected chi connectivity index (χ0v) is 16.9. The molecule has 2 heterocycles. The lowest BCUT2D eigenvalue weighted by atomic mass is 9.85. The first kappa shape index (κ1) is 19.1. The zero-order valence-electron chi connectivity index (χ0n) is 16.9. The maximum atomic E-state index is 13.5. The van der Waals surface area contributed by atoms with Gasteiger partial charge in [0.25, 0.3) is 23.6 Å². The van der Waals surface area contributed by atoms with Gasteiger partial charge in [-0.2, -0.15) is 0 Å². The smallest absolute Gasteiger partial charge is 0.262 e. The van der Waals surface area contributed by atoms with Gasteiger partial charge in [-0.3, -0.25) is 29.0 Å². The van der Waals surface area contributed by atoms with Crippen molar-refractivity contribution in [1.29, 1.82) is 0 Å². The van der Waals surface area contributed by atoms with Crippen LogP contribution in [-0.4, -0.2) is 54.2 Å². The minimum Gasteiger partial charge on any atom is -0.382 e. The molecule has 0 fully saturated rings. The number of ether oxygens (including phenoxy) is 1. The van der Waals surface area contributed by atoms with Crippen molar-refractivity contribution in [3.8, 4) is 0 Å². The van der Waals surface area contributed by atoms with E-state index in [4.69, 9.17) is 4.74 Å². The van der Waals surface area contributed by atoms with Gasteiger partial charge in [0, 0.05) is 47.2 Å². The molecule has 0 saturated heterocycles. The Morgan fingerprint density at radius 3 is 1.61 bits per heavy atom. The van der Waals surface area contributed by atoms with E-state index in [1.165, 1.54) is 19.1 Å². The average molecular weight is 414 g/mol. The van der Waals surface area contributed by atoms with E-state index in [1.807, 2.05) is 30.3 Å². The van der Waals surface area contributed by atoms with Crippen LogP contribution in [-0.2, 0) is 4.74 Å². The molecule has 0 saturated carbocycles. The van der Waals surface area contributed by atoms with Gasteiger partial charge in [0.1, 0.15) is 0 Å². The van der Waals surface area contributed by atoms with Gasteiger partial charge in [-0.25, -0.2) is 0 Å². The van der Waals surface area contributed by atoms with Crippen LogP contribution in [0.3, 0.4) is 0 Å². The number of benzene rings is 3. The van der Waals surface area contributed by atoms with E-state index in [0.717, 1.165) is 10.5 Å². The third kappa shape index (κ3) is 2.56. The molecule has 4 amide bonds. The van der Waals surface area contributed by atoms with Gasteiger partial charge in [-0.15, -0.1) is 0 Å². The third-order valence-corrected chi connectivity index (χ3v) is 5.95. The summed E-state index contributed by atoms with van der Waals surface area (Å²) in [5.74, 6) is -1.87. The first-order chi connectivity index (χ1) is 15.0. The fourth-order valence-electron chi connectivity index (χ4n) is 4.45. The van der Waals surface area contributed by atoms with Crippen LogP contribution in [0.1, 0.15) is 53.0 Å². The summed E-state index contributed by atoms with van der Waals surface area (Å²) in [6, 6.07) is 14.8. The second-order valence-corrected chi connectivity index (χ2v) is 7.60.